The van der Waals surface area contributed by atoms with Crippen LogP contribution in [0.5, 0.6) is 0 Å². The standard InChI is InChI=1S/C17H25NO2S/c1-14-4-2-5-16(10-14)12-21-13-17(19)18-8-3-9-20-11-15-6-7-15/h2,4-5,10,15H,3,6-9,11-13H2,1H3,(H,18,19). The van der Waals surface area contributed by atoms with Gasteiger partial charge in [0.05, 0.1) is 5.75 Å². The number of nitrogens with one attached hydrogen (secondary N) is 1. The topological polar surface area (TPSA) is 38.3 Å². The Kier molecular flexibility index (Phi) is 7.10. The molecule has 0 aromatic heterocycles. The van der Waals surface area contributed by atoms with Crippen LogP contribution in [0.15, 0.2) is 24.3 Å². The lowest BCUT2D eigenvalue weighted by Crippen LogP contribution is -2.27. The Hall–Kier alpha value is -1.00. The van der Waals surface area contributed by atoms with Crippen molar-refractivity contribution in [2.75, 3.05) is 25.5 Å². The van der Waals surface area contributed by atoms with Crippen molar-refractivity contribution >= 4 is 17.7 Å². The Bertz CT molecular complexity index is 446. The maximum absolute atomic E-state index is 11.7. The largest absolute Gasteiger partial charge is 0.381 e. The zero-order chi connectivity index (χ0) is 14.9. The van der Waals surface area contributed by atoms with Gasteiger partial charge in [0.15, 0.2) is 0 Å². The van der Waals surface area contributed by atoms with Gasteiger partial charge in [0.1, 0.15) is 0 Å². The van der Waals surface area contributed by atoms with Gasteiger partial charge in [-0.1, -0.05) is 29.8 Å². The highest BCUT2D eigenvalue weighted by Crippen LogP contribution is 2.28. The fraction of sp³-hybridized carbons (Fsp3) is 0.588. The Balaban J connectivity index is 1.45. The smallest absolute Gasteiger partial charge is 0.230 e. The average Bonchev–Trinajstić information content (AvgIpc) is 3.27. The maximum Gasteiger partial charge on any atom is 0.230 e. The molecule has 0 radical (unpaired) electrons. The molecule has 1 aromatic carbocycles. The molecule has 1 fully saturated rings. The summed E-state index contributed by atoms with van der Waals surface area (Å²) < 4.78 is 5.53. The third kappa shape index (κ3) is 7.53. The van der Waals surface area contributed by atoms with Crippen molar-refractivity contribution in [2.45, 2.75) is 31.9 Å². The molecule has 1 N–H and O–H groups in total. The van der Waals surface area contributed by atoms with Gasteiger partial charge in [-0.15, -0.1) is 11.8 Å². The summed E-state index contributed by atoms with van der Waals surface area (Å²) >= 11 is 1.66. The molecular formula is C17H25NO2S. The van der Waals surface area contributed by atoms with Crippen molar-refractivity contribution in [3.05, 3.63) is 35.4 Å². The molecule has 0 spiro atoms. The first-order chi connectivity index (χ1) is 10.2. The van der Waals surface area contributed by atoms with E-state index < -0.39 is 0 Å². The first-order valence-electron chi connectivity index (χ1n) is 7.72. The van der Waals surface area contributed by atoms with Gasteiger partial charge in [0.25, 0.3) is 0 Å². The highest BCUT2D eigenvalue weighted by molar-refractivity contribution is 7.99. The highest BCUT2D eigenvalue weighted by Gasteiger charge is 2.20. The summed E-state index contributed by atoms with van der Waals surface area (Å²) in [5.41, 5.74) is 2.55. The van der Waals surface area contributed by atoms with Gasteiger partial charge in [0.2, 0.25) is 5.91 Å². The molecule has 1 aromatic rings. The van der Waals surface area contributed by atoms with Crippen molar-refractivity contribution in [1.82, 2.24) is 5.32 Å². The van der Waals surface area contributed by atoms with Gasteiger partial charge < -0.3 is 10.1 Å². The fourth-order valence-corrected chi connectivity index (χ4v) is 2.86. The zero-order valence-corrected chi connectivity index (χ0v) is 13.6. The zero-order valence-electron chi connectivity index (χ0n) is 12.8. The van der Waals surface area contributed by atoms with E-state index in [2.05, 4.69) is 36.5 Å². The van der Waals surface area contributed by atoms with Crippen LogP contribution >= 0.6 is 11.8 Å². The average molecular weight is 307 g/mol. The second-order valence-electron chi connectivity index (χ2n) is 5.70. The third-order valence-electron chi connectivity index (χ3n) is 3.42. The minimum atomic E-state index is 0.120. The van der Waals surface area contributed by atoms with E-state index in [1.165, 1.54) is 24.0 Å². The molecule has 3 nitrogen and oxygen atoms in total. The lowest BCUT2D eigenvalue weighted by molar-refractivity contribution is -0.118. The Morgan fingerprint density at radius 2 is 2.29 bits per heavy atom. The van der Waals surface area contributed by atoms with Gasteiger partial charge in [-0.3, -0.25) is 4.79 Å². The second kappa shape index (κ2) is 9.11. The predicted molar refractivity (Wildman–Crippen MR) is 88.5 cm³/mol. The summed E-state index contributed by atoms with van der Waals surface area (Å²) in [5.74, 6) is 2.35. The molecule has 0 unspecified atom stereocenters. The normalized spacial score (nSPS) is 14.1. The molecule has 21 heavy (non-hydrogen) atoms. The van der Waals surface area contributed by atoms with E-state index in [0.717, 1.165) is 31.3 Å². The van der Waals surface area contributed by atoms with Crippen molar-refractivity contribution in [3.8, 4) is 0 Å². The van der Waals surface area contributed by atoms with Gasteiger partial charge in [0, 0.05) is 25.5 Å². The van der Waals surface area contributed by atoms with Crippen molar-refractivity contribution in [2.24, 2.45) is 5.92 Å². The summed E-state index contributed by atoms with van der Waals surface area (Å²) in [4.78, 5) is 11.7. The van der Waals surface area contributed by atoms with E-state index in [-0.39, 0.29) is 5.91 Å². The number of aryl methyl sites for hydroxylation is 1. The SMILES string of the molecule is Cc1cccc(CSCC(=O)NCCCOCC2CC2)c1. The van der Waals surface area contributed by atoms with Crippen molar-refractivity contribution < 1.29 is 9.53 Å². The van der Waals surface area contributed by atoms with E-state index in [4.69, 9.17) is 4.74 Å². The van der Waals surface area contributed by atoms with Crippen molar-refractivity contribution in [1.29, 1.82) is 0 Å². The first kappa shape index (κ1) is 16.4. The third-order valence-corrected chi connectivity index (χ3v) is 4.43. The van der Waals surface area contributed by atoms with Crippen LogP contribution in [0.4, 0.5) is 0 Å². The van der Waals surface area contributed by atoms with Crippen LogP contribution < -0.4 is 5.32 Å². The van der Waals surface area contributed by atoms with Gasteiger partial charge in [-0.2, -0.15) is 0 Å². The molecule has 2 rings (SSSR count). The highest BCUT2D eigenvalue weighted by atomic mass is 32.2. The molecule has 116 valence electrons. The fourth-order valence-electron chi connectivity index (χ4n) is 2.05. The quantitative estimate of drug-likeness (QED) is 0.675. The van der Waals surface area contributed by atoms with Gasteiger partial charge >= 0.3 is 0 Å². The maximum atomic E-state index is 11.7. The number of hydrogen-bond acceptors (Lipinski definition) is 3. The number of ether oxygens (including phenoxy) is 1. The molecule has 0 aliphatic heterocycles. The lowest BCUT2D eigenvalue weighted by Gasteiger charge is -2.06. The van der Waals surface area contributed by atoms with Crippen LogP contribution in [-0.2, 0) is 15.3 Å². The molecule has 0 atom stereocenters. The summed E-state index contributed by atoms with van der Waals surface area (Å²) in [6, 6.07) is 8.43. The molecule has 0 saturated heterocycles. The van der Waals surface area contributed by atoms with E-state index >= 15 is 0 Å². The molecule has 1 aliphatic carbocycles. The van der Waals surface area contributed by atoms with Gasteiger partial charge in [-0.05, 0) is 37.7 Å². The lowest BCUT2D eigenvalue weighted by atomic mass is 10.2. The second-order valence-corrected chi connectivity index (χ2v) is 6.69. The number of thioether (sulfide) groups is 1. The number of amides is 1. The Morgan fingerprint density at radius 3 is 3.05 bits per heavy atom. The predicted octanol–water partition coefficient (Wildman–Crippen LogP) is 3.16. The Labute approximate surface area is 131 Å². The Morgan fingerprint density at radius 1 is 1.43 bits per heavy atom. The van der Waals surface area contributed by atoms with Crippen LogP contribution in [0.25, 0.3) is 0 Å². The molecule has 1 aliphatic rings. The molecule has 4 heteroatoms. The van der Waals surface area contributed by atoms with Crippen molar-refractivity contribution in [3.63, 3.8) is 0 Å². The summed E-state index contributed by atoms with van der Waals surface area (Å²) in [5, 5.41) is 2.94. The molecule has 1 amide bonds. The minimum absolute atomic E-state index is 0.120. The van der Waals surface area contributed by atoms with E-state index in [9.17, 15) is 4.79 Å². The summed E-state index contributed by atoms with van der Waals surface area (Å²) in [7, 11) is 0. The van der Waals surface area contributed by atoms with Gasteiger partial charge in [-0.25, -0.2) is 0 Å². The summed E-state index contributed by atoms with van der Waals surface area (Å²) in [6.45, 7) is 4.47. The number of benzene rings is 1. The minimum Gasteiger partial charge on any atom is -0.381 e. The van der Waals surface area contributed by atoms with Crippen LogP contribution in [-0.4, -0.2) is 31.4 Å². The van der Waals surface area contributed by atoms with E-state index in [1.54, 1.807) is 11.8 Å². The number of hydrogen-bond donors (Lipinski definition) is 1. The molecule has 0 heterocycles. The first-order valence-corrected chi connectivity index (χ1v) is 8.87. The van der Waals surface area contributed by atoms with Crippen LogP contribution in [0, 0.1) is 12.8 Å². The number of rotatable bonds is 10. The molecule has 1 saturated carbocycles. The monoisotopic (exact) mass is 307 g/mol. The van der Waals surface area contributed by atoms with Crippen LogP contribution in [0.3, 0.4) is 0 Å². The summed E-state index contributed by atoms with van der Waals surface area (Å²) in [6.07, 6.45) is 3.56. The number of carbonyl (C=O) groups excluding carboxylic acids is 1. The van der Waals surface area contributed by atoms with Crippen LogP contribution in [0.1, 0.15) is 30.4 Å². The number of carbonyl (C=O) groups is 1. The molecular weight excluding hydrogens is 282 g/mol. The van der Waals surface area contributed by atoms with E-state index in [1.807, 2.05) is 0 Å². The van der Waals surface area contributed by atoms with E-state index in [0.29, 0.717) is 12.3 Å². The van der Waals surface area contributed by atoms with Crippen LogP contribution in [0.2, 0.25) is 0 Å². The molecule has 0 bridgehead atoms.